The number of likely N-dealkylation sites (tertiary alicyclic amines) is 1. The van der Waals surface area contributed by atoms with Crippen LogP contribution in [0.5, 0.6) is 0 Å². The Hall–Kier alpha value is -0.0800. The monoisotopic (exact) mass is 492 g/mol. The lowest BCUT2D eigenvalue weighted by Gasteiger charge is -2.52. The minimum Gasteiger partial charge on any atom is -0.378 e. The van der Waals surface area contributed by atoms with Crippen molar-refractivity contribution >= 4 is 29.9 Å². The van der Waals surface area contributed by atoms with Gasteiger partial charge in [0.15, 0.2) is 5.96 Å². The zero-order chi connectivity index (χ0) is 18.6. The molecule has 0 amide bonds. The Morgan fingerprint density at radius 3 is 2.37 bits per heavy atom. The number of nitrogens with one attached hydrogen (secondary N) is 2. The summed E-state index contributed by atoms with van der Waals surface area (Å²) in [5.74, 6) is 1.00. The number of unbranched alkanes of at least 4 members (excludes halogenated alkanes) is 1. The minimum absolute atomic E-state index is 0. The topological polar surface area (TPSA) is 48.9 Å². The van der Waals surface area contributed by atoms with Crippen LogP contribution in [0.4, 0.5) is 0 Å². The van der Waals surface area contributed by atoms with E-state index in [2.05, 4.69) is 43.2 Å². The third kappa shape index (κ3) is 6.20. The van der Waals surface area contributed by atoms with E-state index in [1.54, 1.807) is 0 Å². The third-order valence-electron chi connectivity index (χ3n) is 6.56. The first-order chi connectivity index (χ1) is 12.5. The highest BCUT2D eigenvalue weighted by Gasteiger charge is 2.49. The van der Waals surface area contributed by atoms with Crippen LogP contribution in [0.15, 0.2) is 4.99 Å². The van der Waals surface area contributed by atoms with Crippen LogP contribution in [0.2, 0.25) is 0 Å². The largest absolute Gasteiger partial charge is 0.378 e. The zero-order valence-electron chi connectivity index (χ0n) is 17.8. The average Bonchev–Trinajstić information content (AvgIpc) is 3.46. The lowest BCUT2D eigenvalue weighted by Crippen LogP contribution is -2.64. The molecule has 6 heteroatoms. The first kappa shape index (κ1) is 23.2. The lowest BCUT2D eigenvalue weighted by atomic mass is 9.64. The van der Waals surface area contributed by atoms with Gasteiger partial charge in [0.25, 0.3) is 0 Å². The normalized spacial score (nSPS) is 29.0. The summed E-state index contributed by atoms with van der Waals surface area (Å²) in [5.41, 5.74) is 0.166. The Morgan fingerprint density at radius 1 is 1.11 bits per heavy atom. The highest BCUT2D eigenvalue weighted by atomic mass is 127. The van der Waals surface area contributed by atoms with Crippen molar-refractivity contribution in [3.05, 3.63) is 0 Å². The van der Waals surface area contributed by atoms with Gasteiger partial charge in [0, 0.05) is 49.8 Å². The fourth-order valence-corrected chi connectivity index (χ4v) is 4.28. The second-order valence-electron chi connectivity index (χ2n) is 8.98. The number of nitrogens with zero attached hydrogens (tertiary/aromatic N) is 2. The Morgan fingerprint density at radius 2 is 1.81 bits per heavy atom. The molecule has 2 N–H and O–H groups in total. The van der Waals surface area contributed by atoms with E-state index in [-0.39, 0.29) is 29.4 Å². The summed E-state index contributed by atoms with van der Waals surface area (Å²) in [6.07, 6.45) is 9.12. The van der Waals surface area contributed by atoms with E-state index < -0.39 is 0 Å². The standard InChI is InChI=1S/C21H40N4O.HI/c1-5-7-14-26-19-15-18(21(19,3)4)24-20(22-6-2)23-16-10-12-25(13-11-16)17-8-9-17;/h16-19H,5-15H2,1-4H3,(H2,22,23,24);1H. The van der Waals surface area contributed by atoms with Crippen molar-refractivity contribution < 1.29 is 4.74 Å². The summed E-state index contributed by atoms with van der Waals surface area (Å²) in [5, 5.41) is 7.42. The Bertz CT molecular complexity index is 473. The quantitative estimate of drug-likeness (QED) is 0.235. The van der Waals surface area contributed by atoms with Crippen LogP contribution in [0.1, 0.15) is 72.6 Å². The second kappa shape index (κ2) is 10.6. The van der Waals surface area contributed by atoms with E-state index in [0.717, 1.165) is 38.0 Å². The van der Waals surface area contributed by atoms with Crippen LogP contribution in [0.3, 0.4) is 0 Å². The number of guanidine groups is 1. The molecule has 1 saturated heterocycles. The van der Waals surface area contributed by atoms with Crippen LogP contribution in [0, 0.1) is 5.41 Å². The van der Waals surface area contributed by atoms with Crippen LogP contribution in [-0.4, -0.2) is 61.3 Å². The van der Waals surface area contributed by atoms with E-state index in [1.165, 1.54) is 45.2 Å². The zero-order valence-corrected chi connectivity index (χ0v) is 20.1. The summed E-state index contributed by atoms with van der Waals surface area (Å²) in [6, 6.07) is 1.90. The molecule has 27 heavy (non-hydrogen) atoms. The predicted octanol–water partition coefficient (Wildman–Crippen LogP) is 3.77. The Kier molecular flexibility index (Phi) is 9.13. The molecule has 1 aliphatic heterocycles. The molecule has 3 fully saturated rings. The van der Waals surface area contributed by atoms with Crippen LogP contribution in [0.25, 0.3) is 0 Å². The summed E-state index contributed by atoms with van der Waals surface area (Å²) in [7, 11) is 0. The molecule has 2 atom stereocenters. The first-order valence-electron chi connectivity index (χ1n) is 11.0. The molecular formula is C21H41IN4O. The second-order valence-corrected chi connectivity index (χ2v) is 8.98. The average molecular weight is 492 g/mol. The molecular weight excluding hydrogens is 451 g/mol. The maximum atomic E-state index is 6.09. The smallest absolute Gasteiger partial charge is 0.191 e. The van der Waals surface area contributed by atoms with Gasteiger partial charge in [0.05, 0.1) is 6.10 Å². The maximum Gasteiger partial charge on any atom is 0.191 e. The van der Waals surface area contributed by atoms with E-state index in [1.807, 2.05) is 0 Å². The Balaban J connectivity index is 0.00000261. The third-order valence-corrected chi connectivity index (χ3v) is 6.56. The van der Waals surface area contributed by atoms with Gasteiger partial charge in [-0.1, -0.05) is 27.2 Å². The highest BCUT2D eigenvalue weighted by molar-refractivity contribution is 14.0. The summed E-state index contributed by atoms with van der Waals surface area (Å²) in [6.45, 7) is 13.2. The number of hydrogen-bond donors (Lipinski definition) is 2. The van der Waals surface area contributed by atoms with Crippen LogP contribution < -0.4 is 10.6 Å². The van der Waals surface area contributed by atoms with E-state index in [0.29, 0.717) is 18.2 Å². The minimum atomic E-state index is 0. The number of hydrogen-bond acceptors (Lipinski definition) is 3. The summed E-state index contributed by atoms with van der Waals surface area (Å²) in [4.78, 5) is 7.39. The summed E-state index contributed by atoms with van der Waals surface area (Å²) < 4.78 is 6.09. The molecule has 0 radical (unpaired) electrons. The molecule has 5 nitrogen and oxygen atoms in total. The van der Waals surface area contributed by atoms with Crippen molar-refractivity contribution in [2.24, 2.45) is 10.4 Å². The number of rotatable bonds is 8. The number of halogens is 1. The molecule has 158 valence electrons. The SMILES string of the molecule is CCCCOC1CC(NC(=NCC)NC2CCN(C3CC3)CC2)C1(C)C.I. The molecule has 0 aromatic rings. The maximum absolute atomic E-state index is 6.09. The van der Waals surface area contributed by atoms with Gasteiger partial charge in [-0.05, 0) is 45.4 Å². The van der Waals surface area contributed by atoms with Gasteiger partial charge in [-0.25, -0.2) is 0 Å². The van der Waals surface area contributed by atoms with E-state index >= 15 is 0 Å². The lowest BCUT2D eigenvalue weighted by molar-refractivity contribution is -0.113. The highest BCUT2D eigenvalue weighted by Crippen LogP contribution is 2.42. The van der Waals surface area contributed by atoms with Crippen molar-refractivity contribution in [1.29, 1.82) is 0 Å². The van der Waals surface area contributed by atoms with E-state index in [4.69, 9.17) is 9.73 Å². The fraction of sp³-hybridized carbons (Fsp3) is 0.952. The van der Waals surface area contributed by atoms with Gasteiger partial charge >= 0.3 is 0 Å². The van der Waals surface area contributed by atoms with Crippen molar-refractivity contribution in [3.8, 4) is 0 Å². The molecule has 3 aliphatic rings. The first-order valence-corrected chi connectivity index (χ1v) is 11.0. The van der Waals surface area contributed by atoms with Gasteiger partial charge in [-0.3, -0.25) is 4.99 Å². The van der Waals surface area contributed by atoms with Gasteiger partial charge in [0.1, 0.15) is 0 Å². The molecule has 0 aromatic heterocycles. The van der Waals surface area contributed by atoms with Crippen LogP contribution >= 0.6 is 24.0 Å². The van der Waals surface area contributed by atoms with Crippen molar-refractivity contribution in [1.82, 2.24) is 15.5 Å². The van der Waals surface area contributed by atoms with E-state index in [9.17, 15) is 0 Å². The Labute approximate surface area is 183 Å². The molecule has 2 unspecified atom stereocenters. The molecule has 0 bridgehead atoms. The van der Waals surface area contributed by atoms with Gasteiger partial charge in [0.2, 0.25) is 0 Å². The summed E-state index contributed by atoms with van der Waals surface area (Å²) >= 11 is 0. The molecule has 2 saturated carbocycles. The van der Waals surface area contributed by atoms with Gasteiger partial charge < -0.3 is 20.3 Å². The van der Waals surface area contributed by atoms with Gasteiger partial charge in [-0.2, -0.15) is 0 Å². The number of piperidine rings is 1. The molecule has 1 heterocycles. The number of ether oxygens (including phenoxy) is 1. The van der Waals surface area contributed by atoms with Crippen LogP contribution in [-0.2, 0) is 4.74 Å². The fourth-order valence-electron chi connectivity index (χ4n) is 4.28. The molecule has 2 aliphatic carbocycles. The number of aliphatic imine (C=N–C) groups is 1. The van der Waals surface area contributed by atoms with Crippen molar-refractivity contribution in [2.45, 2.75) is 96.9 Å². The molecule has 3 rings (SSSR count). The van der Waals surface area contributed by atoms with Gasteiger partial charge in [-0.15, -0.1) is 24.0 Å². The molecule has 0 spiro atoms. The van der Waals surface area contributed by atoms with Crippen molar-refractivity contribution in [2.75, 3.05) is 26.2 Å². The van der Waals surface area contributed by atoms with Crippen molar-refractivity contribution in [3.63, 3.8) is 0 Å². The molecule has 0 aromatic carbocycles. The predicted molar refractivity (Wildman–Crippen MR) is 124 cm³/mol.